The van der Waals surface area contributed by atoms with Gasteiger partial charge in [-0.15, -0.1) is 0 Å². The van der Waals surface area contributed by atoms with Crippen molar-refractivity contribution in [3.63, 3.8) is 0 Å². The number of amides is 1. The van der Waals surface area contributed by atoms with Crippen molar-refractivity contribution in [3.05, 3.63) is 82.2 Å². The molecule has 3 heterocycles. The second-order valence-electron chi connectivity index (χ2n) is 8.84. The Labute approximate surface area is 199 Å². The third-order valence-electron chi connectivity index (χ3n) is 6.74. The fraction of sp³-hybridized carbons (Fsp3) is 0.269. The van der Waals surface area contributed by atoms with Crippen molar-refractivity contribution in [2.45, 2.75) is 37.9 Å². The van der Waals surface area contributed by atoms with Crippen LogP contribution in [0.4, 0.5) is 18.9 Å². The maximum Gasteiger partial charge on any atom is 0.416 e. The summed E-state index contributed by atoms with van der Waals surface area (Å²) in [5.74, 6) is -1.19. The predicted octanol–water partition coefficient (Wildman–Crippen LogP) is 5.12. The Bertz CT molecular complexity index is 1320. The molecule has 0 bridgehead atoms. The fourth-order valence-electron chi connectivity index (χ4n) is 4.96. The quantitative estimate of drug-likeness (QED) is 0.527. The van der Waals surface area contributed by atoms with Crippen LogP contribution in [-0.2, 0) is 19.0 Å². The minimum Gasteiger partial charge on any atom is -0.478 e. The summed E-state index contributed by atoms with van der Waals surface area (Å²) in [5.41, 5.74) is 9.85. The average molecular weight is 481 g/mol. The third-order valence-corrected chi connectivity index (χ3v) is 6.74. The number of aromatic nitrogens is 1. The number of benzene rings is 2. The molecular weight excluding hydrogens is 459 g/mol. The van der Waals surface area contributed by atoms with Gasteiger partial charge < -0.3 is 15.7 Å². The van der Waals surface area contributed by atoms with Gasteiger partial charge in [-0.3, -0.25) is 9.78 Å². The lowest BCUT2D eigenvalue weighted by Gasteiger charge is -2.16. The molecule has 2 aliphatic heterocycles. The second kappa shape index (κ2) is 8.41. The second-order valence-corrected chi connectivity index (χ2v) is 8.84. The van der Waals surface area contributed by atoms with Gasteiger partial charge in [-0.2, -0.15) is 13.2 Å². The van der Waals surface area contributed by atoms with E-state index < -0.39 is 17.7 Å². The van der Waals surface area contributed by atoms with Gasteiger partial charge in [0.15, 0.2) is 0 Å². The Morgan fingerprint density at radius 3 is 2.37 bits per heavy atom. The van der Waals surface area contributed by atoms with Gasteiger partial charge in [0.2, 0.25) is 0 Å². The first-order valence-corrected chi connectivity index (χ1v) is 11.3. The molecule has 1 amide bonds. The van der Waals surface area contributed by atoms with Crippen LogP contribution in [0, 0.1) is 0 Å². The SMILES string of the molecule is Nc1c(CCc2ccc(C(F)(F)F)cc2)nc2c(c1-c1ccc(C(=O)O)cc1)C(=O)N1CCC[C@@H]21. The first kappa shape index (κ1) is 22.9. The van der Waals surface area contributed by atoms with Crippen LogP contribution in [0.15, 0.2) is 48.5 Å². The lowest BCUT2D eigenvalue weighted by atomic mass is 9.93. The minimum absolute atomic E-state index is 0.118. The van der Waals surface area contributed by atoms with Crippen LogP contribution in [0.1, 0.15) is 62.1 Å². The van der Waals surface area contributed by atoms with Crippen molar-refractivity contribution < 1.29 is 27.9 Å². The van der Waals surface area contributed by atoms with E-state index >= 15 is 0 Å². The maximum absolute atomic E-state index is 13.2. The Morgan fingerprint density at radius 2 is 1.74 bits per heavy atom. The number of hydrogen-bond donors (Lipinski definition) is 2. The van der Waals surface area contributed by atoms with Crippen molar-refractivity contribution in [2.24, 2.45) is 0 Å². The average Bonchev–Trinajstić information content (AvgIpc) is 3.41. The number of nitrogen functional groups attached to an aromatic ring is 1. The molecule has 0 aliphatic carbocycles. The number of nitrogens with two attached hydrogens (primary N) is 1. The molecule has 3 N–H and O–H groups in total. The number of anilines is 1. The molecule has 0 unspecified atom stereocenters. The van der Waals surface area contributed by atoms with Gasteiger partial charge in [-0.1, -0.05) is 24.3 Å². The number of halogens is 3. The molecule has 9 heteroatoms. The van der Waals surface area contributed by atoms with Gasteiger partial charge in [0.05, 0.1) is 39.8 Å². The zero-order valence-electron chi connectivity index (χ0n) is 18.6. The van der Waals surface area contributed by atoms with Crippen LogP contribution in [0.2, 0.25) is 0 Å². The number of carbonyl (C=O) groups excluding carboxylic acids is 1. The molecule has 6 nitrogen and oxygen atoms in total. The standard InChI is InChI=1S/C26H22F3N3O3/c27-26(28,29)17-10-3-14(4-11-17)5-12-18-22(30)20(15-6-8-16(9-7-15)25(34)35)21-23(31-18)19-2-1-13-32(19)24(21)33/h3-4,6-11,19H,1-2,5,12-13,30H2,(H,34,35)/t19-/m0/s1. The highest BCUT2D eigenvalue weighted by Crippen LogP contribution is 2.46. The van der Waals surface area contributed by atoms with E-state index in [-0.39, 0.29) is 17.5 Å². The Hall–Kier alpha value is -3.88. The van der Waals surface area contributed by atoms with E-state index in [2.05, 4.69) is 0 Å². The molecule has 2 aliphatic rings. The van der Waals surface area contributed by atoms with Gasteiger partial charge in [-0.25, -0.2) is 4.79 Å². The first-order chi connectivity index (χ1) is 16.6. The number of nitrogens with zero attached hydrogens (tertiary/aromatic N) is 2. The number of pyridine rings is 1. The number of fused-ring (bicyclic) bond motifs is 3. The Balaban J connectivity index is 1.54. The predicted molar refractivity (Wildman–Crippen MR) is 123 cm³/mol. The Kier molecular flexibility index (Phi) is 5.50. The van der Waals surface area contributed by atoms with Crippen molar-refractivity contribution in [2.75, 3.05) is 12.3 Å². The smallest absolute Gasteiger partial charge is 0.416 e. The number of carboxylic acid groups (broad SMARTS) is 1. The summed E-state index contributed by atoms with van der Waals surface area (Å²) in [7, 11) is 0. The number of aryl methyl sites for hydroxylation is 2. The van der Waals surface area contributed by atoms with Gasteiger partial charge in [0.1, 0.15) is 0 Å². The van der Waals surface area contributed by atoms with Crippen molar-refractivity contribution in [1.82, 2.24) is 9.88 Å². The van der Waals surface area contributed by atoms with E-state index in [0.717, 1.165) is 25.0 Å². The molecule has 2 aromatic carbocycles. The van der Waals surface area contributed by atoms with E-state index in [1.807, 2.05) is 0 Å². The summed E-state index contributed by atoms with van der Waals surface area (Å²) < 4.78 is 38.6. The van der Waals surface area contributed by atoms with Crippen LogP contribution >= 0.6 is 0 Å². The highest BCUT2D eigenvalue weighted by atomic mass is 19.4. The monoisotopic (exact) mass is 481 g/mol. The zero-order valence-corrected chi connectivity index (χ0v) is 18.6. The summed E-state index contributed by atoms with van der Waals surface area (Å²) in [4.78, 5) is 31.1. The maximum atomic E-state index is 13.2. The summed E-state index contributed by atoms with van der Waals surface area (Å²) in [5, 5.41) is 9.23. The molecular formula is C26H22F3N3O3. The van der Waals surface area contributed by atoms with Crippen LogP contribution in [-0.4, -0.2) is 33.4 Å². The number of carboxylic acids is 1. The number of alkyl halides is 3. The van der Waals surface area contributed by atoms with E-state index in [1.54, 1.807) is 17.0 Å². The molecule has 180 valence electrons. The number of hydrogen-bond acceptors (Lipinski definition) is 4. The van der Waals surface area contributed by atoms with E-state index in [4.69, 9.17) is 10.7 Å². The van der Waals surface area contributed by atoms with Gasteiger partial charge in [0, 0.05) is 12.1 Å². The molecule has 1 fully saturated rings. The number of rotatable bonds is 5. The summed E-state index contributed by atoms with van der Waals surface area (Å²) in [6.07, 6.45) is -1.91. The zero-order chi connectivity index (χ0) is 24.9. The van der Waals surface area contributed by atoms with Gasteiger partial charge in [-0.05, 0) is 61.1 Å². The van der Waals surface area contributed by atoms with Crippen molar-refractivity contribution in [3.8, 4) is 11.1 Å². The minimum atomic E-state index is -4.39. The third kappa shape index (κ3) is 4.00. The van der Waals surface area contributed by atoms with Crippen molar-refractivity contribution in [1.29, 1.82) is 0 Å². The molecule has 1 atom stereocenters. The van der Waals surface area contributed by atoms with E-state index in [1.165, 1.54) is 24.3 Å². The molecule has 3 aromatic rings. The number of carbonyl (C=O) groups is 2. The first-order valence-electron chi connectivity index (χ1n) is 11.3. The van der Waals surface area contributed by atoms with Crippen LogP contribution in [0.3, 0.4) is 0 Å². The highest BCUT2D eigenvalue weighted by Gasteiger charge is 2.43. The summed E-state index contributed by atoms with van der Waals surface area (Å²) >= 11 is 0. The van der Waals surface area contributed by atoms with Crippen LogP contribution in [0.25, 0.3) is 11.1 Å². The lowest BCUT2D eigenvalue weighted by Crippen LogP contribution is -2.23. The van der Waals surface area contributed by atoms with Gasteiger partial charge in [0.25, 0.3) is 5.91 Å². The van der Waals surface area contributed by atoms with Crippen LogP contribution < -0.4 is 5.73 Å². The van der Waals surface area contributed by atoms with Crippen molar-refractivity contribution >= 4 is 17.6 Å². The van der Waals surface area contributed by atoms with Crippen LogP contribution in [0.5, 0.6) is 0 Å². The van der Waals surface area contributed by atoms with E-state index in [9.17, 15) is 27.9 Å². The largest absolute Gasteiger partial charge is 0.478 e. The normalized spacial score (nSPS) is 16.9. The lowest BCUT2D eigenvalue weighted by molar-refractivity contribution is -0.137. The molecule has 5 rings (SSSR count). The van der Waals surface area contributed by atoms with E-state index in [0.29, 0.717) is 58.7 Å². The Morgan fingerprint density at radius 1 is 1.06 bits per heavy atom. The summed E-state index contributed by atoms with van der Waals surface area (Å²) in [6, 6.07) is 11.1. The fourth-order valence-corrected chi connectivity index (χ4v) is 4.96. The molecule has 0 radical (unpaired) electrons. The molecule has 35 heavy (non-hydrogen) atoms. The molecule has 0 saturated carbocycles. The van der Waals surface area contributed by atoms with Gasteiger partial charge >= 0.3 is 12.1 Å². The highest BCUT2D eigenvalue weighted by molar-refractivity contribution is 6.07. The topological polar surface area (TPSA) is 96.5 Å². The number of aromatic carboxylic acids is 1. The molecule has 0 spiro atoms. The molecule has 1 saturated heterocycles. The molecule has 1 aromatic heterocycles. The summed E-state index contributed by atoms with van der Waals surface area (Å²) in [6.45, 7) is 0.637.